The summed E-state index contributed by atoms with van der Waals surface area (Å²) < 4.78 is 28.9. The molecule has 6 heteroatoms. The third-order valence-electron chi connectivity index (χ3n) is 5.98. The van der Waals surface area contributed by atoms with Crippen molar-refractivity contribution in [2.24, 2.45) is 5.92 Å². The number of amides is 1. The molecule has 1 N–H and O–H groups in total. The Morgan fingerprint density at radius 2 is 1.76 bits per heavy atom. The fourth-order valence-electron chi connectivity index (χ4n) is 4.54. The first-order chi connectivity index (χ1) is 12.0. The van der Waals surface area contributed by atoms with Gasteiger partial charge in [0.25, 0.3) is 0 Å². The van der Waals surface area contributed by atoms with Crippen LogP contribution in [0.2, 0.25) is 0 Å². The minimum Gasteiger partial charge on any atom is -0.312 e. The third-order valence-corrected chi connectivity index (χ3v) is 7.45. The summed E-state index contributed by atoms with van der Waals surface area (Å²) in [4.78, 5) is 14.4. The lowest BCUT2D eigenvalue weighted by Crippen LogP contribution is -2.42. The molecule has 0 aromatic heterocycles. The number of benzene rings is 1. The predicted octanol–water partition coefficient (Wildman–Crippen LogP) is 2.77. The highest BCUT2D eigenvalue weighted by atomic mass is 32.2. The van der Waals surface area contributed by atoms with E-state index in [4.69, 9.17) is 0 Å². The minimum atomic E-state index is -3.52. The van der Waals surface area contributed by atoms with Crippen LogP contribution in [-0.2, 0) is 27.7 Å². The van der Waals surface area contributed by atoms with Crippen LogP contribution in [0, 0.1) is 5.92 Å². The molecule has 0 bridgehead atoms. The Bertz CT molecular complexity index is 786. The van der Waals surface area contributed by atoms with Crippen molar-refractivity contribution in [3.05, 3.63) is 23.3 Å². The number of nitrogens with zero attached hydrogens (tertiary/aromatic N) is 1. The Balaban J connectivity index is 1.68. The summed E-state index contributed by atoms with van der Waals surface area (Å²) in [5.74, 6) is 0.547. The molecule has 4 rings (SSSR count). The van der Waals surface area contributed by atoms with Gasteiger partial charge in [-0.3, -0.25) is 4.79 Å². The molecular weight excluding hydrogens is 336 g/mol. The molecule has 25 heavy (non-hydrogen) atoms. The van der Waals surface area contributed by atoms with Crippen LogP contribution >= 0.6 is 0 Å². The van der Waals surface area contributed by atoms with Crippen LogP contribution in [0.1, 0.15) is 56.6 Å². The van der Waals surface area contributed by atoms with Crippen molar-refractivity contribution < 1.29 is 13.2 Å². The number of sulfonamides is 1. The first kappa shape index (κ1) is 17.0. The van der Waals surface area contributed by atoms with E-state index < -0.39 is 10.0 Å². The minimum absolute atomic E-state index is 0.0317. The fourth-order valence-corrected chi connectivity index (χ4v) is 6.01. The van der Waals surface area contributed by atoms with E-state index in [0.29, 0.717) is 23.7 Å². The maximum atomic E-state index is 13.0. The molecular formula is C19H26N2O3S. The molecule has 1 aromatic carbocycles. The Morgan fingerprint density at radius 3 is 2.52 bits per heavy atom. The zero-order chi connectivity index (χ0) is 17.6. The Labute approximate surface area is 149 Å². The van der Waals surface area contributed by atoms with Crippen LogP contribution in [-0.4, -0.2) is 26.9 Å². The molecule has 3 aliphatic rings. The number of carbonyl (C=O) groups excluding carboxylic acids is 1. The molecule has 1 aromatic rings. The first-order valence-corrected chi connectivity index (χ1v) is 10.9. The van der Waals surface area contributed by atoms with Gasteiger partial charge in [0.1, 0.15) is 0 Å². The summed E-state index contributed by atoms with van der Waals surface area (Å²) in [6, 6.07) is 3.61. The lowest BCUT2D eigenvalue weighted by molar-refractivity contribution is -0.119. The fraction of sp³-hybridized carbons (Fsp3) is 0.632. The highest BCUT2D eigenvalue weighted by Crippen LogP contribution is 2.37. The van der Waals surface area contributed by atoms with Crippen molar-refractivity contribution in [1.29, 1.82) is 0 Å². The molecule has 1 aliphatic carbocycles. The second-order valence-corrected chi connectivity index (χ2v) is 9.44. The summed E-state index contributed by atoms with van der Waals surface area (Å²) in [7, 11) is -3.52. The van der Waals surface area contributed by atoms with Crippen molar-refractivity contribution in [2.45, 2.75) is 69.2 Å². The standard InChI is InChI=1S/C19H26N2O3S/c1-13-5-2-3-7-17(13)20-25(23,24)16-11-14-6-4-10-21-18(22)9-8-15(12-16)19(14)21/h11-13,17,20H,2-10H2,1H3/t13-,17-/m0/s1. The van der Waals surface area contributed by atoms with Crippen LogP contribution in [0.25, 0.3) is 0 Å². The number of nitrogens with one attached hydrogen (secondary N) is 1. The molecule has 0 saturated heterocycles. The molecule has 1 saturated carbocycles. The van der Waals surface area contributed by atoms with E-state index >= 15 is 0 Å². The summed E-state index contributed by atoms with van der Waals surface area (Å²) >= 11 is 0. The van der Waals surface area contributed by atoms with Crippen LogP contribution in [0.15, 0.2) is 17.0 Å². The number of carbonyl (C=O) groups is 1. The van der Waals surface area contributed by atoms with Crippen molar-refractivity contribution in [2.75, 3.05) is 11.4 Å². The maximum absolute atomic E-state index is 13.0. The van der Waals surface area contributed by atoms with Gasteiger partial charge in [-0.05, 0) is 61.3 Å². The topological polar surface area (TPSA) is 66.5 Å². The predicted molar refractivity (Wildman–Crippen MR) is 97.2 cm³/mol. The van der Waals surface area contributed by atoms with Crippen molar-refractivity contribution in [1.82, 2.24) is 4.72 Å². The Kier molecular flexibility index (Phi) is 4.36. The SMILES string of the molecule is C[C@H]1CCCC[C@@H]1NS(=O)(=O)c1cc2c3c(c1)CCC(=O)N3CCC2. The van der Waals surface area contributed by atoms with Gasteiger partial charge in [0.15, 0.2) is 0 Å². The lowest BCUT2D eigenvalue weighted by atomic mass is 9.87. The summed E-state index contributed by atoms with van der Waals surface area (Å²) in [6.45, 7) is 2.88. The van der Waals surface area contributed by atoms with Crippen molar-refractivity contribution in [3.63, 3.8) is 0 Å². The van der Waals surface area contributed by atoms with Gasteiger partial charge in [0, 0.05) is 19.0 Å². The smallest absolute Gasteiger partial charge is 0.240 e. The quantitative estimate of drug-likeness (QED) is 0.899. The Morgan fingerprint density at radius 1 is 1.04 bits per heavy atom. The van der Waals surface area contributed by atoms with Crippen LogP contribution in [0.5, 0.6) is 0 Å². The van der Waals surface area contributed by atoms with E-state index in [1.54, 1.807) is 12.1 Å². The van der Waals surface area contributed by atoms with Gasteiger partial charge in [0.2, 0.25) is 15.9 Å². The molecule has 0 radical (unpaired) electrons. The molecule has 136 valence electrons. The number of aryl methyl sites for hydroxylation is 2. The van der Waals surface area contributed by atoms with Crippen molar-refractivity contribution >= 4 is 21.6 Å². The number of anilines is 1. The highest BCUT2D eigenvalue weighted by Gasteiger charge is 2.32. The average molecular weight is 362 g/mol. The van der Waals surface area contributed by atoms with Gasteiger partial charge >= 0.3 is 0 Å². The van der Waals surface area contributed by atoms with Gasteiger partial charge in [-0.25, -0.2) is 13.1 Å². The lowest BCUT2D eigenvalue weighted by Gasteiger charge is -2.35. The van der Waals surface area contributed by atoms with Crippen LogP contribution in [0.4, 0.5) is 5.69 Å². The van der Waals surface area contributed by atoms with Gasteiger partial charge in [-0.15, -0.1) is 0 Å². The zero-order valence-electron chi connectivity index (χ0n) is 14.8. The van der Waals surface area contributed by atoms with E-state index in [-0.39, 0.29) is 11.9 Å². The molecule has 0 unspecified atom stereocenters. The molecule has 1 amide bonds. The van der Waals surface area contributed by atoms with Gasteiger partial charge in [0.05, 0.1) is 10.6 Å². The van der Waals surface area contributed by atoms with Gasteiger partial charge in [-0.2, -0.15) is 0 Å². The molecule has 2 aliphatic heterocycles. The number of hydrogen-bond acceptors (Lipinski definition) is 3. The molecule has 0 spiro atoms. The van der Waals surface area contributed by atoms with E-state index in [1.165, 1.54) is 6.42 Å². The average Bonchev–Trinajstić information content (AvgIpc) is 2.60. The molecule has 5 nitrogen and oxygen atoms in total. The number of rotatable bonds is 3. The summed E-state index contributed by atoms with van der Waals surface area (Å²) in [5.41, 5.74) is 3.00. The number of hydrogen-bond donors (Lipinski definition) is 1. The summed E-state index contributed by atoms with van der Waals surface area (Å²) in [5, 5.41) is 0. The van der Waals surface area contributed by atoms with Crippen LogP contribution < -0.4 is 9.62 Å². The first-order valence-electron chi connectivity index (χ1n) is 9.44. The van der Waals surface area contributed by atoms with E-state index in [1.807, 2.05) is 4.90 Å². The van der Waals surface area contributed by atoms with Crippen molar-refractivity contribution in [3.8, 4) is 0 Å². The maximum Gasteiger partial charge on any atom is 0.240 e. The third kappa shape index (κ3) is 3.10. The Hall–Kier alpha value is -1.40. The monoisotopic (exact) mass is 362 g/mol. The van der Waals surface area contributed by atoms with E-state index in [2.05, 4.69) is 11.6 Å². The van der Waals surface area contributed by atoms with Gasteiger partial charge < -0.3 is 4.90 Å². The van der Waals surface area contributed by atoms with E-state index in [9.17, 15) is 13.2 Å². The molecule has 1 fully saturated rings. The van der Waals surface area contributed by atoms with E-state index in [0.717, 1.165) is 55.5 Å². The largest absolute Gasteiger partial charge is 0.312 e. The normalized spacial score (nSPS) is 26.4. The highest BCUT2D eigenvalue weighted by molar-refractivity contribution is 7.89. The molecule has 2 atom stereocenters. The summed E-state index contributed by atoms with van der Waals surface area (Å²) in [6.07, 6.45) is 7.13. The second-order valence-electron chi connectivity index (χ2n) is 7.73. The second kappa shape index (κ2) is 6.40. The zero-order valence-corrected chi connectivity index (χ0v) is 15.6. The molecule has 2 heterocycles. The van der Waals surface area contributed by atoms with Gasteiger partial charge in [-0.1, -0.05) is 19.8 Å². The van der Waals surface area contributed by atoms with Crippen LogP contribution in [0.3, 0.4) is 0 Å².